The predicted octanol–water partition coefficient (Wildman–Crippen LogP) is -0.214. The summed E-state index contributed by atoms with van der Waals surface area (Å²) in [5.41, 5.74) is 5.38. The summed E-state index contributed by atoms with van der Waals surface area (Å²) in [6.07, 6.45) is 0.213. The van der Waals surface area contributed by atoms with Crippen molar-refractivity contribution in [3.63, 3.8) is 0 Å². The quantitative estimate of drug-likeness (QED) is 0.575. The molecule has 0 aromatic carbocycles. The first-order valence-electron chi connectivity index (χ1n) is 4.91. The zero-order chi connectivity index (χ0) is 11.0. The molecule has 0 spiro atoms. The molecule has 0 rings (SSSR count). The molecule has 14 heavy (non-hydrogen) atoms. The molecule has 2 radical (unpaired) electrons. The van der Waals surface area contributed by atoms with Crippen molar-refractivity contribution in [2.45, 2.75) is 26.3 Å². The highest BCUT2D eigenvalue weighted by molar-refractivity contribution is 6.19. The maximum absolute atomic E-state index is 11.3. The Balaban J connectivity index is 3.78. The van der Waals surface area contributed by atoms with Crippen LogP contribution >= 0.6 is 0 Å². The number of rotatable bonds is 7. The zero-order valence-electron chi connectivity index (χ0n) is 9.03. The maximum atomic E-state index is 11.3. The van der Waals surface area contributed by atoms with E-state index in [4.69, 9.17) is 18.3 Å². The standard InChI is InChI=1S/C9H19BN2O2/c1-8(2)14-6-5-12(4-3-11)9(13)7-10/h8H,3-7,11H2,1-2H3. The van der Waals surface area contributed by atoms with Crippen molar-refractivity contribution in [1.29, 1.82) is 0 Å². The third-order valence-electron chi connectivity index (χ3n) is 1.74. The lowest BCUT2D eigenvalue weighted by Crippen LogP contribution is -2.37. The van der Waals surface area contributed by atoms with Crippen LogP contribution in [-0.4, -0.2) is 51.0 Å². The van der Waals surface area contributed by atoms with E-state index in [1.54, 1.807) is 4.90 Å². The molecule has 0 bridgehead atoms. The van der Waals surface area contributed by atoms with Gasteiger partial charge in [-0.25, -0.2) is 0 Å². The van der Waals surface area contributed by atoms with Gasteiger partial charge in [0.1, 0.15) is 0 Å². The average molecular weight is 198 g/mol. The molecule has 0 saturated carbocycles. The fourth-order valence-corrected chi connectivity index (χ4v) is 1.04. The molecule has 0 aliphatic rings. The van der Waals surface area contributed by atoms with Gasteiger partial charge in [-0.3, -0.25) is 4.79 Å². The number of amides is 1. The molecule has 0 atom stereocenters. The second kappa shape index (κ2) is 7.82. The van der Waals surface area contributed by atoms with Crippen molar-refractivity contribution in [3.8, 4) is 0 Å². The SMILES string of the molecule is [B]CC(=O)N(CCN)CCOC(C)C. The Morgan fingerprint density at radius 1 is 1.50 bits per heavy atom. The first-order chi connectivity index (χ1) is 6.61. The first kappa shape index (κ1) is 13.5. The maximum Gasteiger partial charge on any atom is 0.214 e. The van der Waals surface area contributed by atoms with Crippen LogP contribution in [-0.2, 0) is 9.53 Å². The Morgan fingerprint density at radius 2 is 2.14 bits per heavy atom. The summed E-state index contributed by atoms with van der Waals surface area (Å²) in [5, 5.41) is 0. The topological polar surface area (TPSA) is 55.6 Å². The lowest BCUT2D eigenvalue weighted by Gasteiger charge is -2.22. The van der Waals surface area contributed by atoms with Crippen molar-refractivity contribution in [2.24, 2.45) is 5.73 Å². The summed E-state index contributed by atoms with van der Waals surface area (Å²) < 4.78 is 5.34. The van der Waals surface area contributed by atoms with Gasteiger partial charge in [0.25, 0.3) is 0 Å². The highest BCUT2D eigenvalue weighted by Gasteiger charge is 2.09. The summed E-state index contributed by atoms with van der Waals surface area (Å²) in [7, 11) is 5.26. The molecule has 1 amide bonds. The lowest BCUT2D eigenvalue weighted by atomic mass is 10.0. The van der Waals surface area contributed by atoms with E-state index in [1.807, 2.05) is 13.8 Å². The Morgan fingerprint density at radius 3 is 2.57 bits per heavy atom. The summed E-state index contributed by atoms with van der Waals surface area (Å²) in [6.45, 7) is 6.00. The number of carbonyl (C=O) groups is 1. The van der Waals surface area contributed by atoms with Crippen LogP contribution in [0.3, 0.4) is 0 Å². The average Bonchev–Trinajstić information content (AvgIpc) is 2.15. The fourth-order valence-electron chi connectivity index (χ4n) is 1.04. The molecular weight excluding hydrogens is 179 g/mol. The lowest BCUT2D eigenvalue weighted by molar-refractivity contribution is -0.129. The van der Waals surface area contributed by atoms with Crippen molar-refractivity contribution >= 4 is 13.8 Å². The summed E-state index contributed by atoms with van der Waals surface area (Å²) >= 11 is 0. The van der Waals surface area contributed by atoms with Gasteiger partial charge in [0.2, 0.25) is 5.91 Å². The van der Waals surface area contributed by atoms with Crippen LogP contribution in [0.4, 0.5) is 0 Å². The minimum Gasteiger partial charge on any atom is -0.377 e. The van der Waals surface area contributed by atoms with E-state index < -0.39 is 0 Å². The van der Waals surface area contributed by atoms with Crippen LogP contribution in [0.15, 0.2) is 0 Å². The van der Waals surface area contributed by atoms with Gasteiger partial charge in [0, 0.05) is 19.6 Å². The Kier molecular flexibility index (Phi) is 7.52. The third kappa shape index (κ3) is 5.99. The van der Waals surface area contributed by atoms with Crippen LogP contribution in [0.2, 0.25) is 6.32 Å². The molecule has 0 fully saturated rings. The van der Waals surface area contributed by atoms with E-state index in [0.717, 1.165) is 0 Å². The minimum absolute atomic E-state index is 0.0294. The number of nitrogens with two attached hydrogens (primary N) is 1. The molecule has 0 aromatic rings. The number of hydrogen-bond acceptors (Lipinski definition) is 3. The summed E-state index contributed by atoms with van der Waals surface area (Å²) in [5.74, 6) is -0.0807. The highest BCUT2D eigenvalue weighted by atomic mass is 16.5. The minimum atomic E-state index is -0.0807. The second-order valence-electron chi connectivity index (χ2n) is 3.29. The van der Waals surface area contributed by atoms with Gasteiger partial charge in [-0.1, -0.05) is 0 Å². The van der Waals surface area contributed by atoms with Crippen molar-refractivity contribution in [3.05, 3.63) is 0 Å². The van der Waals surface area contributed by atoms with Gasteiger partial charge in [0.15, 0.2) is 0 Å². The van der Waals surface area contributed by atoms with Crippen LogP contribution in [0, 0.1) is 0 Å². The normalized spacial score (nSPS) is 10.6. The summed E-state index contributed by atoms with van der Waals surface area (Å²) in [4.78, 5) is 12.9. The Hall–Kier alpha value is -0.545. The molecule has 0 heterocycles. The van der Waals surface area contributed by atoms with Gasteiger partial charge in [-0.05, 0) is 20.2 Å². The molecule has 4 nitrogen and oxygen atoms in total. The number of ether oxygens (including phenoxy) is 1. The number of hydrogen-bond donors (Lipinski definition) is 1. The third-order valence-corrected chi connectivity index (χ3v) is 1.74. The summed E-state index contributed by atoms with van der Waals surface area (Å²) in [6, 6.07) is 0. The number of carbonyl (C=O) groups excluding carboxylic acids is 1. The number of nitrogens with zero attached hydrogens (tertiary/aromatic N) is 1. The fraction of sp³-hybridized carbons (Fsp3) is 0.889. The van der Waals surface area contributed by atoms with Gasteiger partial charge in [-0.2, -0.15) is 0 Å². The smallest absolute Gasteiger partial charge is 0.214 e. The largest absolute Gasteiger partial charge is 0.377 e. The van der Waals surface area contributed by atoms with E-state index in [9.17, 15) is 4.79 Å². The van der Waals surface area contributed by atoms with E-state index in [1.165, 1.54) is 0 Å². The van der Waals surface area contributed by atoms with Crippen LogP contribution in [0.1, 0.15) is 13.8 Å². The Labute approximate surface area is 87.2 Å². The van der Waals surface area contributed by atoms with Gasteiger partial charge in [-0.15, -0.1) is 0 Å². The van der Waals surface area contributed by atoms with Crippen LogP contribution in [0.5, 0.6) is 0 Å². The second-order valence-corrected chi connectivity index (χ2v) is 3.29. The molecule has 0 unspecified atom stereocenters. The van der Waals surface area contributed by atoms with Crippen LogP contribution < -0.4 is 5.73 Å². The molecule has 80 valence electrons. The predicted molar refractivity (Wildman–Crippen MR) is 57.3 cm³/mol. The van der Waals surface area contributed by atoms with Crippen molar-refractivity contribution in [1.82, 2.24) is 4.90 Å². The van der Waals surface area contributed by atoms with Gasteiger partial charge in [0.05, 0.1) is 20.6 Å². The van der Waals surface area contributed by atoms with Crippen molar-refractivity contribution in [2.75, 3.05) is 26.2 Å². The van der Waals surface area contributed by atoms with E-state index in [2.05, 4.69) is 0 Å². The van der Waals surface area contributed by atoms with E-state index in [0.29, 0.717) is 26.2 Å². The molecule has 0 aliphatic heterocycles. The van der Waals surface area contributed by atoms with Gasteiger partial charge >= 0.3 is 0 Å². The molecule has 0 aromatic heterocycles. The monoisotopic (exact) mass is 198 g/mol. The molecule has 2 N–H and O–H groups in total. The Bertz CT molecular complexity index is 165. The molecule has 0 aliphatic carbocycles. The zero-order valence-corrected chi connectivity index (χ0v) is 9.03. The first-order valence-corrected chi connectivity index (χ1v) is 4.91. The van der Waals surface area contributed by atoms with Crippen molar-refractivity contribution < 1.29 is 9.53 Å². The van der Waals surface area contributed by atoms with Crippen LogP contribution in [0.25, 0.3) is 0 Å². The molecule has 0 saturated heterocycles. The van der Waals surface area contributed by atoms with E-state index >= 15 is 0 Å². The molecular formula is C9H19BN2O2. The van der Waals surface area contributed by atoms with E-state index in [-0.39, 0.29) is 18.3 Å². The molecule has 5 heteroatoms. The van der Waals surface area contributed by atoms with Gasteiger partial charge < -0.3 is 15.4 Å². The highest BCUT2D eigenvalue weighted by Crippen LogP contribution is 1.94.